The zero-order valence-electron chi connectivity index (χ0n) is 14.6. The summed E-state index contributed by atoms with van der Waals surface area (Å²) in [4.78, 5) is 16.9. The Morgan fingerprint density at radius 1 is 1.08 bits per heavy atom. The highest BCUT2D eigenvalue weighted by Gasteiger charge is 2.20. The van der Waals surface area contributed by atoms with E-state index in [1.165, 1.54) is 16.1 Å². The Morgan fingerprint density at radius 2 is 1.88 bits per heavy atom. The van der Waals surface area contributed by atoms with Crippen molar-refractivity contribution in [3.05, 3.63) is 76.7 Å². The van der Waals surface area contributed by atoms with Crippen molar-refractivity contribution in [3.63, 3.8) is 0 Å². The maximum atomic E-state index is 12.5. The first kappa shape index (κ1) is 17.2. The number of amides is 1. The molecule has 0 unspecified atom stereocenters. The summed E-state index contributed by atoms with van der Waals surface area (Å²) in [6.07, 6.45) is 0. The number of aryl methyl sites for hydroxylation is 1. The Hall–Kier alpha value is -2.24. The fraction of sp³-hybridized carbons (Fsp3) is 0.190. The van der Waals surface area contributed by atoms with E-state index in [-0.39, 0.29) is 5.91 Å². The lowest BCUT2D eigenvalue weighted by molar-refractivity contribution is 0.0955. The van der Waals surface area contributed by atoms with Crippen LogP contribution in [0.2, 0.25) is 0 Å². The maximum absolute atomic E-state index is 12.5. The van der Waals surface area contributed by atoms with Crippen molar-refractivity contribution in [1.82, 2.24) is 5.32 Å². The van der Waals surface area contributed by atoms with Crippen LogP contribution in [0.1, 0.15) is 20.8 Å². The van der Waals surface area contributed by atoms with Crippen molar-refractivity contribution in [3.8, 4) is 0 Å². The van der Waals surface area contributed by atoms with Gasteiger partial charge in [0, 0.05) is 23.7 Å². The number of thioether (sulfide) groups is 1. The number of rotatable bonds is 4. The van der Waals surface area contributed by atoms with E-state index in [4.69, 9.17) is 0 Å². The lowest BCUT2D eigenvalue weighted by Gasteiger charge is -2.29. The molecule has 0 aliphatic carbocycles. The molecule has 0 fully saturated rings. The average molecular weight is 381 g/mol. The highest BCUT2D eigenvalue weighted by molar-refractivity contribution is 7.99. The predicted molar refractivity (Wildman–Crippen MR) is 111 cm³/mol. The fourth-order valence-corrected chi connectivity index (χ4v) is 4.93. The van der Waals surface area contributed by atoms with Gasteiger partial charge in [-0.2, -0.15) is 0 Å². The Balaban J connectivity index is 1.46. The highest BCUT2D eigenvalue weighted by Crippen LogP contribution is 2.41. The van der Waals surface area contributed by atoms with E-state index < -0.39 is 0 Å². The lowest BCUT2D eigenvalue weighted by Crippen LogP contribution is -2.23. The smallest absolute Gasteiger partial charge is 0.261 e. The number of fused-ring (bicyclic) bond motifs is 1. The maximum Gasteiger partial charge on any atom is 0.261 e. The van der Waals surface area contributed by atoms with Crippen LogP contribution in [-0.2, 0) is 6.54 Å². The van der Waals surface area contributed by atoms with Crippen LogP contribution in [-0.4, -0.2) is 18.2 Å². The number of hydrogen-bond donors (Lipinski definition) is 1. The van der Waals surface area contributed by atoms with Crippen LogP contribution in [0.15, 0.2) is 65.6 Å². The van der Waals surface area contributed by atoms with Gasteiger partial charge in [0.2, 0.25) is 0 Å². The number of carbonyl (C=O) groups excluding carboxylic acids is 1. The first-order valence-electron chi connectivity index (χ1n) is 8.64. The summed E-state index contributed by atoms with van der Waals surface area (Å²) in [6, 6.07) is 20.7. The van der Waals surface area contributed by atoms with E-state index in [2.05, 4.69) is 71.7 Å². The molecule has 5 heteroatoms. The van der Waals surface area contributed by atoms with Crippen molar-refractivity contribution < 1.29 is 4.79 Å². The third-order valence-corrected chi connectivity index (χ3v) is 6.53. The largest absolute Gasteiger partial charge is 0.347 e. The topological polar surface area (TPSA) is 32.3 Å². The molecule has 2 heterocycles. The van der Waals surface area contributed by atoms with E-state index in [0.29, 0.717) is 6.54 Å². The van der Waals surface area contributed by atoms with Gasteiger partial charge in [0.1, 0.15) is 0 Å². The van der Waals surface area contributed by atoms with Crippen molar-refractivity contribution in [2.75, 3.05) is 17.2 Å². The molecule has 132 valence electrons. The minimum atomic E-state index is -0.0125. The molecule has 1 N–H and O–H groups in total. The molecule has 0 saturated carbocycles. The lowest BCUT2D eigenvalue weighted by atomic mass is 10.1. The molecule has 0 atom stereocenters. The second-order valence-corrected chi connectivity index (χ2v) is 8.47. The van der Waals surface area contributed by atoms with Crippen LogP contribution < -0.4 is 10.2 Å². The minimum absolute atomic E-state index is 0.0125. The van der Waals surface area contributed by atoms with E-state index >= 15 is 0 Å². The van der Waals surface area contributed by atoms with Gasteiger partial charge in [0.25, 0.3) is 5.91 Å². The number of para-hydroxylation sites is 1. The number of carbonyl (C=O) groups is 1. The zero-order chi connectivity index (χ0) is 17.9. The van der Waals surface area contributed by atoms with Gasteiger partial charge in [-0.1, -0.05) is 42.0 Å². The molecule has 26 heavy (non-hydrogen) atoms. The number of hydrogen-bond acceptors (Lipinski definition) is 4. The second-order valence-electron chi connectivity index (χ2n) is 6.27. The molecule has 3 nitrogen and oxygen atoms in total. The number of nitrogens with one attached hydrogen (secondary N) is 1. The molecule has 0 radical (unpaired) electrons. The quantitative estimate of drug-likeness (QED) is 0.673. The molecule has 0 saturated heterocycles. The SMILES string of the molecule is Cc1ccc(CNC(=O)c2ccc(N3CCSc4ccccc43)s2)cc1. The van der Waals surface area contributed by atoms with E-state index in [1.54, 1.807) is 11.3 Å². The fourth-order valence-electron chi connectivity index (χ4n) is 2.97. The Kier molecular flexibility index (Phi) is 5.00. The molecular weight excluding hydrogens is 360 g/mol. The van der Waals surface area contributed by atoms with Crippen molar-refractivity contribution in [2.24, 2.45) is 0 Å². The van der Waals surface area contributed by atoms with Gasteiger partial charge in [-0.25, -0.2) is 0 Å². The number of nitrogens with zero attached hydrogens (tertiary/aromatic N) is 1. The third-order valence-electron chi connectivity index (χ3n) is 4.38. The van der Waals surface area contributed by atoms with Gasteiger partial charge in [0.15, 0.2) is 0 Å². The van der Waals surface area contributed by atoms with E-state index in [0.717, 1.165) is 27.7 Å². The van der Waals surface area contributed by atoms with Crippen molar-refractivity contribution in [2.45, 2.75) is 18.4 Å². The summed E-state index contributed by atoms with van der Waals surface area (Å²) in [7, 11) is 0. The summed E-state index contributed by atoms with van der Waals surface area (Å²) in [6.45, 7) is 3.58. The predicted octanol–water partition coefficient (Wildman–Crippen LogP) is 5.23. The van der Waals surface area contributed by atoms with Crippen LogP contribution in [0.25, 0.3) is 0 Å². The molecule has 0 bridgehead atoms. The Bertz CT molecular complexity index is 918. The van der Waals surface area contributed by atoms with Gasteiger partial charge < -0.3 is 10.2 Å². The molecule has 4 rings (SSSR count). The van der Waals surface area contributed by atoms with E-state index in [1.807, 2.05) is 17.8 Å². The monoisotopic (exact) mass is 380 g/mol. The molecule has 1 aliphatic heterocycles. The average Bonchev–Trinajstić information content (AvgIpc) is 3.17. The normalized spacial score (nSPS) is 13.3. The van der Waals surface area contributed by atoms with Crippen molar-refractivity contribution in [1.29, 1.82) is 0 Å². The number of benzene rings is 2. The number of thiophene rings is 1. The molecule has 2 aromatic carbocycles. The van der Waals surface area contributed by atoms with Gasteiger partial charge in [-0.05, 0) is 36.8 Å². The number of anilines is 2. The second kappa shape index (κ2) is 7.56. The molecule has 1 amide bonds. The van der Waals surface area contributed by atoms with Crippen LogP contribution in [0.5, 0.6) is 0 Å². The molecule has 1 aliphatic rings. The zero-order valence-corrected chi connectivity index (χ0v) is 16.2. The van der Waals surface area contributed by atoms with Crippen LogP contribution in [0.4, 0.5) is 10.7 Å². The van der Waals surface area contributed by atoms with Gasteiger partial charge in [0.05, 0.1) is 15.6 Å². The molecule has 3 aromatic rings. The Labute approximate surface area is 162 Å². The summed E-state index contributed by atoms with van der Waals surface area (Å²) >= 11 is 3.44. The molecular formula is C21H20N2OS2. The first-order valence-corrected chi connectivity index (χ1v) is 10.4. The van der Waals surface area contributed by atoms with Gasteiger partial charge in [-0.3, -0.25) is 4.79 Å². The first-order chi connectivity index (χ1) is 12.7. The molecule has 0 spiro atoms. The standard InChI is InChI=1S/C21H20N2OS2/c1-15-6-8-16(9-7-15)14-22-21(24)19-10-11-20(26-19)23-12-13-25-18-5-3-2-4-17(18)23/h2-11H,12-14H2,1H3,(H,22,24). The summed E-state index contributed by atoms with van der Waals surface area (Å²) in [5.74, 6) is 1.05. The Morgan fingerprint density at radius 3 is 2.73 bits per heavy atom. The summed E-state index contributed by atoms with van der Waals surface area (Å²) < 4.78 is 0. The van der Waals surface area contributed by atoms with Crippen LogP contribution >= 0.6 is 23.1 Å². The van der Waals surface area contributed by atoms with E-state index in [9.17, 15) is 4.79 Å². The van der Waals surface area contributed by atoms with Gasteiger partial charge in [-0.15, -0.1) is 23.1 Å². The van der Waals surface area contributed by atoms with Crippen LogP contribution in [0, 0.1) is 6.92 Å². The molecule has 1 aromatic heterocycles. The highest BCUT2D eigenvalue weighted by atomic mass is 32.2. The third kappa shape index (κ3) is 3.64. The van der Waals surface area contributed by atoms with Crippen molar-refractivity contribution >= 4 is 39.7 Å². The minimum Gasteiger partial charge on any atom is -0.347 e. The summed E-state index contributed by atoms with van der Waals surface area (Å²) in [5.41, 5.74) is 3.57. The van der Waals surface area contributed by atoms with Gasteiger partial charge >= 0.3 is 0 Å². The summed E-state index contributed by atoms with van der Waals surface area (Å²) in [5, 5.41) is 4.14. The van der Waals surface area contributed by atoms with Crippen LogP contribution in [0.3, 0.4) is 0 Å².